The molecule has 1 atom stereocenters. The highest BCUT2D eigenvalue weighted by atomic mass is 19.4. The Hall–Kier alpha value is -2.26. The number of carbonyl (C=O) groups excluding carboxylic acids is 2. The Balaban J connectivity index is 1.66. The molecule has 1 aliphatic heterocycles. The fourth-order valence-electron chi connectivity index (χ4n) is 2.49. The van der Waals surface area contributed by atoms with E-state index in [0.29, 0.717) is 24.4 Å². The normalized spacial score (nSPS) is 18.1. The summed E-state index contributed by atoms with van der Waals surface area (Å²) in [6.45, 7) is 1.64. The van der Waals surface area contributed by atoms with E-state index in [1.807, 2.05) is 13.1 Å². The van der Waals surface area contributed by atoms with Crippen LogP contribution in [0.2, 0.25) is 0 Å². The van der Waals surface area contributed by atoms with Gasteiger partial charge in [-0.25, -0.2) is 4.79 Å². The van der Waals surface area contributed by atoms with Gasteiger partial charge in [0.25, 0.3) is 0 Å². The van der Waals surface area contributed by atoms with Crippen molar-refractivity contribution in [3.8, 4) is 0 Å². The largest absolute Gasteiger partial charge is 0.406 e. The Kier molecular flexibility index (Phi) is 5.68. The zero-order chi connectivity index (χ0) is 17.7. The average molecular weight is 347 g/mol. The van der Waals surface area contributed by atoms with E-state index < -0.39 is 30.7 Å². The number of likely N-dealkylation sites (tertiary alicyclic amines) is 1. The van der Waals surface area contributed by atoms with Crippen LogP contribution in [-0.2, 0) is 11.3 Å². The summed E-state index contributed by atoms with van der Waals surface area (Å²) >= 11 is 0. The molecule has 3 amide bonds. The van der Waals surface area contributed by atoms with Gasteiger partial charge in [-0.05, 0) is 25.3 Å². The fraction of sp³-hybridized carbons (Fsp3) is 0.643. The minimum Gasteiger partial charge on any atom is -0.338 e. The van der Waals surface area contributed by atoms with E-state index in [9.17, 15) is 22.8 Å². The molecule has 134 valence electrons. The lowest BCUT2D eigenvalue weighted by Gasteiger charge is -2.18. The fourth-order valence-corrected chi connectivity index (χ4v) is 2.49. The molecule has 0 aromatic carbocycles. The first-order valence-corrected chi connectivity index (χ1v) is 7.63. The van der Waals surface area contributed by atoms with Gasteiger partial charge in [0.2, 0.25) is 5.91 Å². The first-order chi connectivity index (χ1) is 11.2. The number of hydrogen-bond donors (Lipinski definition) is 2. The van der Waals surface area contributed by atoms with Crippen LogP contribution in [0.4, 0.5) is 18.0 Å². The van der Waals surface area contributed by atoms with Crippen LogP contribution in [0.3, 0.4) is 0 Å². The molecule has 1 aliphatic rings. The van der Waals surface area contributed by atoms with Crippen LogP contribution in [0.25, 0.3) is 0 Å². The van der Waals surface area contributed by atoms with Crippen molar-refractivity contribution in [2.75, 3.05) is 19.6 Å². The molecule has 2 heterocycles. The summed E-state index contributed by atoms with van der Waals surface area (Å²) in [6.07, 6.45) is 0.00492. The minimum atomic E-state index is -4.43. The summed E-state index contributed by atoms with van der Waals surface area (Å²) in [5, 5.41) is 9.11. The van der Waals surface area contributed by atoms with Gasteiger partial charge in [-0.1, -0.05) is 0 Å². The Morgan fingerprint density at radius 3 is 2.83 bits per heavy atom. The molecule has 1 aromatic rings. The molecule has 0 unspecified atom stereocenters. The van der Waals surface area contributed by atoms with Crippen molar-refractivity contribution < 1.29 is 22.8 Å². The van der Waals surface area contributed by atoms with Crippen molar-refractivity contribution in [3.05, 3.63) is 18.0 Å². The van der Waals surface area contributed by atoms with E-state index in [2.05, 4.69) is 15.7 Å². The summed E-state index contributed by atoms with van der Waals surface area (Å²) in [6, 6.07) is -1.46. The molecular weight excluding hydrogens is 327 g/mol. The lowest BCUT2D eigenvalue weighted by molar-refractivity contribution is -0.157. The van der Waals surface area contributed by atoms with Crippen LogP contribution in [0.5, 0.6) is 0 Å². The maximum atomic E-state index is 12.3. The van der Waals surface area contributed by atoms with Gasteiger partial charge in [-0.15, -0.1) is 0 Å². The summed E-state index contributed by atoms with van der Waals surface area (Å²) in [7, 11) is 0. The number of aryl methyl sites for hydroxylation is 2. The van der Waals surface area contributed by atoms with E-state index in [0.717, 1.165) is 5.56 Å². The number of halogens is 3. The lowest BCUT2D eigenvalue weighted by Crippen LogP contribution is -2.47. The first kappa shape index (κ1) is 18.1. The van der Waals surface area contributed by atoms with Crippen LogP contribution in [-0.4, -0.2) is 58.5 Å². The van der Waals surface area contributed by atoms with Gasteiger partial charge in [0.1, 0.15) is 12.6 Å². The van der Waals surface area contributed by atoms with Crippen molar-refractivity contribution >= 4 is 11.9 Å². The number of nitrogens with one attached hydrogen (secondary N) is 2. The highest BCUT2D eigenvalue weighted by molar-refractivity contribution is 5.88. The van der Waals surface area contributed by atoms with Crippen molar-refractivity contribution in [2.45, 2.75) is 38.5 Å². The maximum Gasteiger partial charge on any atom is 0.406 e. The van der Waals surface area contributed by atoms with Crippen LogP contribution >= 0.6 is 0 Å². The molecule has 24 heavy (non-hydrogen) atoms. The maximum absolute atomic E-state index is 12.3. The lowest BCUT2D eigenvalue weighted by atomic mass is 10.2. The number of amides is 3. The Labute approximate surface area is 137 Å². The number of alkyl halides is 3. The molecule has 7 nitrogen and oxygen atoms in total. The molecule has 0 aliphatic carbocycles. The Morgan fingerprint density at radius 2 is 2.21 bits per heavy atom. The molecular formula is C14H20F3N5O2. The van der Waals surface area contributed by atoms with E-state index in [1.54, 1.807) is 10.9 Å². The molecule has 2 N–H and O–H groups in total. The number of hydrogen-bond acceptors (Lipinski definition) is 3. The SMILES string of the molecule is Cc1cnn(CCCNC(=O)N[C@H]2CCN(CC(F)(F)F)C2=O)c1. The van der Waals surface area contributed by atoms with Crippen molar-refractivity contribution in [3.63, 3.8) is 0 Å². The minimum absolute atomic E-state index is 0.0120. The molecule has 0 bridgehead atoms. The third-order valence-corrected chi connectivity index (χ3v) is 3.58. The van der Waals surface area contributed by atoms with Crippen LogP contribution in [0.1, 0.15) is 18.4 Å². The van der Waals surface area contributed by atoms with Crippen molar-refractivity contribution in [2.24, 2.45) is 0 Å². The van der Waals surface area contributed by atoms with Crippen LogP contribution < -0.4 is 10.6 Å². The van der Waals surface area contributed by atoms with Crippen LogP contribution in [0, 0.1) is 6.92 Å². The zero-order valence-corrected chi connectivity index (χ0v) is 13.3. The highest BCUT2D eigenvalue weighted by Crippen LogP contribution is 2.20. The van der Waals surface area contributed by atoms with E-state index in [4.69, 9.17) is 0 Å². The van der Waals surface area contributed by atoms with Gasteiger partial charge in [0.05, 0.1) is 6.20 Å². The number of aromatic nitrogens is 2. The highest BCUT2D eigenvalue weighted by Gasteiger charge is 2.39. The van der Waals surface area contributed by atoms with Gasteiger partial charge < -0.3 is 15.5 Å². The third-order valence-electron chi connectivity index (χ3n) is 3.58. The van der Waals surface area contributed by atoms with Crippen molar-refractivity contribution in [1.29, 1.82) is 0 Å². The standard InChI is InChI=1S/C14H20F3N5O2/c1-10-7-19-22(8-10)5-2-4-18-13(24)20-11-3-6-21(12(11)23)9-14(15,16)17/h7-8,11H,2-6,9H2,1H3,(H2,18,20,24)/t11-/m0/s1. The molecule has 1 fully saturated rings. The topological polar surface area (TPSA) is 79.3 Å². The van der Waals surface area contributed by atoms with Gasteiger partial charge in [0.15, 0.2) is 0 Å². The van der Waals surface area contributed by atoms with Gasteiger partial charge in [0, 0.05) is 25.8 Å². The first-order valence-electron chi connectivity index (χ1n) is 7.63. The number of urea groups is 1. The second kappa shape index (κ2) is 7.54. The molecule has 0 spiro atoms. The summed E-state index contributed by atoms with van der Waals surface area (Å²) in [5.41, 5.74) is 1.05. The summed E-state index contributed by atoms with van der Waals surface area (Å²) in [5.74, 6) is -0.700. The van der Waals surface area contributed by atoms with Gasteiger partial charge >= 0.3 is 12.2 Å². The Morgan fingerprint density at radius 1 is 1.46 bits per heavy atom. The molecule has 1 saturated heterocycles. The second-order valence-electron chi connectivity index (χ2n) is 5.75. The van der Waals surface area contributed by atoms with E-state index in [-0.39, 0.29) is 13.0 Å². The predicted molar refractivity (Wildman–Crippen MR) is 79.2 cm³/mol. The monoisotopic (exact) mass is 347 g/mol. The van der Waals surface area contributed by atoms with Gasteiger partial charge in [-0.3, -0.25) is 9.48 Å². The summed E-state index contributed by atoms with van der Waals surface area (Å²) < 4.78 is 38.7. The number of nitrogens with zero attached hydrogens (tertiary/aromatic N) is 3. The zero-order valence-electron chi connectivity index (χ0n) is 13.3. The molecule has 0 saturated carbocycles. The molecule has 1 aromatic heterocycles. The molecule has 0 radical (unpaired) electrons. The van der Waals surface area contributed by atoms with E-state index in [1.165, 1.54) is 0 Å². The van der Waals surface area contributed by atoms with Crippen LogP contribution in [0.15, 0.2) is 12.4 Å². The third kappa shape index (κ3) is 5.43. The average Bonchev–Trinajstić information content (AvgIpc) is 3.03. The van der Waals surface area contributed by atoms with Crippen molar-refractivity contribution in [1.82, 2.24) is 25.3 Å². The molecule has 10 heteroatoms. The second-order valence-corrected chi connectivity index (χ2v) is 5.75. The predicted octanol–water partition coefficient (Wildman–Crippen LogP) is 1.04. The Bertz CT molecular complexity index is 587. The molecule has 2 rings (SSSR count). The quantitative estimate of drug-likeness (QED) is 0.755. The number of rotatable bonds is 6. The summed E-state index contributed by atoms with van der Waals surface area (Å²) in [4.78, 5) is 24.2. The van der Waals surface area contributed by atoms with Gasteiger partial charge in [-0.2, -0.15) is 18.3 Å². The smallest absolute Gasteiger partial charge is 0.338 e. The number of carbonyl (C=O) groups is 2. The van der Waals surface area contributed by atoms with E-state index >= 15 is 0 Å².